The van der Waals surface area contributed by atoms with Gasteiger partial charge in [0.15, 0.2) is 5.78 Å². The molecule has 0 aliphatic heterocycles. The van der Waals surface area contributed by atoms with Crippen LogP contribution in [-0.2, 0) is 6.42 Å². The van der Waals surface area contributed by atoms with Crippen molar-refractivity contribution in [3.63, 3.8) is 0 Å². The zero-order valence-electron chi connectivity index (χ0n) is 11.5. The Balaban J connectivity index is 2.26. The number of Topliss-reactive ketones (excluding diaryl/α,β-unsaturated/α-hetero) is 1. The standard InChI is InChI=1S/C16H14ClNO3/c1-11(16(19)12-6-3-2-4-7-12)10-13-14(17)8-5-9-15(13)18(20)21/h2-9,11H,10H2,1H3. The number of halogens is 1. The average molecular weight is 304 g/mol. The van der Waals surface area contributed by atoms with Crippen molar-refractivity contribution in [2.45, 2.75) is 13.3 Å². The number of ketones is 1. The van der Waals surface area contributed by atoms with Crippen LogP contribution in [0.15, 0.2) is 48.5 Å². The minimum atomic E-state index is -0.471. The maximum atomic E-state index is 12.3. The summed E-state index contributed by atoms with van der Waals surface area (Å²) in [6.45, 7) is 1.75. The van der Waals surface area contributed by atoms with E-state index in [1.54, 1.807) is 37.3 Å². The maximum Gasteiger partial charge on any atom is 0.274 e. The van der Waals surface area contributed by atoms with Crippen LogP contribution in [0.5, 0.6) is 0 Å². The topological polar surface area (TPSA) is 60.2 Å². The highest BCUT2D eigenvalue weighted by molar-refractivity contribution is 6.31. The molecule has 4 nitrogen and oxygen atoms in total. The van der Waals surface area contributed by atoms with Crippen LogP contribution in [0, 0.1) is 16.0 Å². The molecule has 0 aromatic heterocycles. The molecule has 0 heterocycles. The molecule has 0 aliphatic carbocycles. The van der Waals surface area contributed by atoms with Gasteiger partial charge in [-0.15, -0.1) is 0 Å². The van der Waals surface area contributed by atoms with Crippen LogP contribution in [-0.4, -0.2) is 10.7 Å². The Morgan fingerprint density at radius 3 is 2.48 bits per heavy atom. The summed E-state index contributed by atoms with van der Waals surface area (Å²) in [5.74, 6) is -0.434. The van der Waals surface area contributed by atoms with E-state index in [0.29, 0.717) is 16.1 Å². The first-order chi connectivity index (χ1) is 10.0. The van der Waals surface area contributed by atoms with E-state index in [-0.39, 0.29) is 23.8 Å². The molecule has 0 radical (unpaired) electrons. The highest BCUT2D eigenvalue weighted by Crippen LogP contribution is 2.29. The van der Waals surface area contributed by atoms with Gasteiger partial charge < -0.3 is 0 Å². The molecule has 1 unspecified atom stereocenters. The Kier molecular flexibility index (Phi) is 4.70. The minimum Gasteiger partial charge on any atom is -0.294 e. The average Bonchev–Trinajstić information content (AvgIpc) is 2.49. The summed E-state index contributed by atoms with van der Waals surface area (Å²) >= 11 is 6.05. The lowest BCUT2D eigenvalue weighted by Crippen LogP contribution is -2.15. The molecule has 1 atom stereocenters. The number of rotatable bonds is 5. The van der Waals surface area contributed by atoms with Crippen LogP contribution in [0.3, 0.4) is 0 Å². The van der Waals surface area contributed by atoms with Crippen molar-refractivity contribution < 1.29 is 9.72 Å². The molecular formula is C16H14ClNO3. The van der Waals surface area contributed by atoms with Gasteiger partial charge in [-0.1, -0.05) is 54.9 Å². The van der Waals surface area contributed by atoms with E-state index >= 15 is 0 Å². The predicted octanol–water partition coefficient (Wildman–Crippen LogP) is 4.31. The largest absolute Gasteiger partial charge is 0.294 e. The first-order valence-electron chi connectivity index (χ1n) is 6.51. The van der Waals surface area contributed by atoms with E-state index in [2.05, 4.69) is 0 Å². The van der Waals surface area contributed by atoms with Crippen molar-refractivity contribution in [1.82, 2.24) is 0 Å². The summed E-state index contributed by atoms with van der Waals surface area (Å²) in [5.41, 5.74) is 0.955. The van der Waals surface area contributed by atoms with Crippen LogP contribution < -0.4 is 0 Å². The third kappa shape index (κ3) is 3.47. The zero-order valence-corrected chi connectivity index (χ0v) is 12.2. The third-order valence-electron chi connectivity index (χ3n) is 3.31. The lowest BCUT2D eigenvalue weighted by Gasteiger charge is -2.12. The Morgan fingerprint density at radius 1 is 1.19 bits per heavy atom. The summed E-state index contributed by atoms with van der Waals surface area (Å²) in [6.07, 6.45) is 0.240. The molecule has 2 rings (SSSR count). The quantitative estimate of drug-likeness (QED) is 0.470. The van der Waals surface area contributed by atoms with Crippen LogP contribution in [0.25, 0.3) is 0 Å². The minimum absolute atomic E-state index is 0.0461. The number of carbonyl (C=O) groups excluding carboxylic acids is 1. The highest BCUT2D eigenvalue weighted by Gasteiger charge is 2.22. The number of nitro groups is 1. The van der Waals surface area contributed by atoms with Crippen LogP contribution in [0.1, 0.15) is 22.8 Å². The lowest BCUT2D eigenvalue weighted by atomic mass is 9.92. The Labute approximate surface area is 127 Å². The van der Waals surface area contributed by atoms with E-state index in [9.17, 15) is 14.9 Å². The van der Waals surface area contributed by atoms with E-state index in [0.717, 1.165) is 0 Å². The van der Waals surface area contributed by atoms with Crippen molar-refractivity contribution in [1.29, 1.82) is 0 Å². The Bertz CT molecular complexity index is 670. The second kappa shape index (κ2) is 6.50. The number of benzene rings is 2. The third-order valence-corrected chi connectivity index (χ3v) is 3.66. The van der Waals surface area contributed by atoms with Gasteiger partial charge in [0.25, 0.3) is 5.69 Å². The van der Waals surface area contributed by atoms with Crippen molar-refractivity contribution in [2.24, 2.45) is 5.92 Å². The fraction of sp³-hybridized carbons (Fsp3) is 0.188. The molecule has 0 aliphatic rings. The van der Waals surface area contributed by atoms with Crippen molar-refractivity contribution in [2.75, 3.05) is 0 Å². The van der Waals surface area contributed by atoms with Crippen LogP contribution in [0.4, 0.5) is 5.69 Å². The molecule has 2 aromatic carbocycles. The van der Waals surface area contributed by atoms with Gasteiger partial charge in [-0.3, -0.25) is 14.9 Å². The Morgan fingerprint density at radius 2 is 1.86 bits per heavy atom. The molecule has 0 N–H and O–H groups in total. The van der Waals surface area contributed by atoms with Crippen molar-refractivity contribution in [3.05, 3.63) is 74.8 Å². The lowest BCUT2D eigenvalue weighted by molar-refractivity contribution is -0.385. The zero-order chi connectivity index (χ0) is 15.4. The molecule has 0 bridgehead atoms. The maximum absolute atomic E-state index is 12.3. The van der Waals surface area contributed by atoms with Crippen LogP contribution in [0.2, 0.25) is 5.02 Å². The molecule has 0 fully saturated rings. The normalized spacial score (nSPS) is 11.9. The number of hydrogen-bond donors (Lipinski definition) is 0. The number of nitrogens with zero attached hydrogens (tertiary/aromatic N) is 1. The number of carbonyl (C=O) groups is 1. The first kappa shape index (κ1) is 15.2. The van der Waals surface area contributed by atoms with Gasteiger partial charge in [0, 0.05) is 23.1 Å². The van der Waals surface area contributed by atoms with E-state index < -0.39 is 4.92 Å². The van der Waals surface area contributed by atoms with Gasteiger partial charge in [-0.05, 0) is 12.5 Å². The van der Waals surface area contributed by atoms with Gasteiger partial charge in [-0.25, -0.2) is 0 Å². The van der Waals surface area contributed by atoms with Gasteiger partial charge in [0.1, 0.15) is 0 Å². The van der Waals surface area contributed by atoms with Crippen molar-refractivity contribution in [3.8, 4) is 0 Å². The fourth-order valence-corrected chi connectivity index (χ4v) is 2.45. The smallest absolute Gasteiger partial charge is 0.274 e. The van der Waals surface area contributed by atoms with E-state index in [1.165, 1.54) is 12.1 Å². The van der Waals surface area contributed by atoms with Gasteiger partial charge in [0.05, 0.1) is 9.95 Å². The van der Waals surface area contributed by atoms with Crippen LogP contribution >= 0.6 is 11.6 Å². The summed E-state index contributed by atoms with van der Waals surface area (Å²) in [6, 6.07) is 13.4. The van der Waals surface area contributed by atoms with Crippen molar-refractivity contribution >= 4 is 23.1 Å². The molecule has 2 aromatic rings. The van der Waals surface area contributed by atoms with Gasteiger partial charge in [0.2, 0.25) is 0 Å². The summed E-state index contributed by atoms with van der Waals surface area (Å²) in [4.78, 5) is 22.9. The molecular weight excluding hydrogens is 290 g/mol. The summed E-state index contributed by atoms with van der Waals surface area (Å²) in [7, 11) is 0. The second-order valence-corrected chi connectivity index (χ2v) is 5.24. The SMILES string of the molecule is CC(Cc1c(Cl)cccc1[N+](=O)[O-])C(=O)c1ccccc1. The highest BCUT2D eigenvalue weighted by atomic mass is 35.5. The monoisotopic (exact) mass is 303 g/mol. The van der Waals surface area contributed by atoms with Gasteiger partial charge >= 0.3 is 0 Å². The second-order valence-electron chi connectivity index (χ2n) is 4.83. The molecule has 108 valence electrons. The Hall–Kier alpha value is -2.20. The molecule has 5 heteroatoms. The predicted molar refractivity (Wildman–Crippen MR) is 81.7 cm³/mol. The molecule has 0 saturated carbocycles. The molecule has 0 spiro atoms. The van der Waals surface area contributed by atoms with Gasteiger partial charge in [-0.2, -0.15) is 0 Å². The number of hydrogen-bond acceptors (Lipinski definition) is 3. The fourth-order valence-electron chi connectivity index (χ4n) is 2.21. The molecule has 21 heavy (non-hydrogen) atoms. The molecule has 0 saturated heterocycles. The number of nitro benzene ring substituents is 1. The molecule has 0 amide bonds. The summed E-state index contributed by atoms with van der Waals surface area (Å²) < 4.78 is 0. The van der Waals surface area contributed by atoms with E-state index in [1.807, 2.05) is 6.07 Å². The first-order valence-corrected chi connectivity index (χ1v) is 6.89. The summed E-state index contributed by atoms with van der Waals surface area (Å²) in [5, 5.41) is 11.4. The van der Waals surface area contributed by atoms with E-state index in [4.69, 9.17) is 11.6 Å².